The lowest BCUT2D eigenvalue weighted by molar-refractivity contribution is -0.123. The number of hydrazone groups is 1. The number of amides is 1. The molecule has 1 amide bonds. The highest BCUT2D eigenvalue weighted by Gasteiger charge is 2.07. The quantitative estimate of drug-likeness (QED) is 0.210. The van der Waals surface area contributed by atoms with Crippen LogP contribution in [0.4, 0.5) is 0 Å². The Morgan fingerprint density at radius 2 is 1.58 bits per heavy atom. The van der Waals surface area contributed by atoms with E-state index in [0.717, 1.165) is 22.3 Å². The SMILES string of the molecule is COc1cc(/C=N\NC(=O)COc2ccc(-c3ccccc3)cc2)ccc1OCc1ccc(Cl)cc1. The van der Waals surface area contributed by atoms with Gasteiger partial charge in [0.1, 0.15) is 12.4 Å². The minimum atomic E-state index is -0.367. The van der Waals surface area contributed by atoms with Crippen LogP contribution in [-0.2, 0) is 11.4 Å². The predicted molar refractivity (Wildman–Crippen MR) is 142 cm³/mol. The molecule has 0 fully saturated rings. The van der Waals surface area contributed by atoms with Crippen molar-refractivity contribution in [2.45, 2.75) is 6.61 Å². The van der Waals surface area contributed by atoms with Crippen LogP contribution in [-0.4, -0.2) is 25.8 Å². The molecule has 0 heterocycles. The highest BCUT2D eigenvalue weighted by molar-refractivity contribution is 6.30. The van der Waals surface area contributed by atoms with E-state index in [4.69, 9.17) is 25.8 Å². The van der Waals surface area contributed by atoms with Crippen LogP contribution in [0, 0.1) is 0 Å². The Kier molecular flexibility index (Phi) is 8.57. The van der Waals surface area contributed by atoms with Gasteiger partial charge in [-0.05, 0) is 64.7 Å². The first-order valence-electron chi connectivity index (χ1n) is 11.3. The van der Waals surface area contributed by atoms with Crippen LogP contribution < -0.4 is 19.6 Å². The summed E-state index contributed by atoms with van der Waals surface area (Å²) in [5, 5.41) is 4.68. The summed E-state index contributed by atoms with van der Waals surface area (Å²) in [6.45, 7) is 0.231. The van der Waals surface area contributed by atoms with Gasteiger partial charge in [0.25, 0.3) is 5.91 Å². The van der Waals surface area contributed by atoms with E-state index in [9.17, 15) is 4.79 Å². The normalized spacial score (nSPS) is 10.7. The second-order valence-corrected chi connectivity index (χ2v) is 8.23. The van der Waals surface area contributed by atoms with Crippen molar-refractivity contribution in [3.63, 3.8) is 0 Å². The van der Waals surface area contributed by atoms with Crippen molar-refractivity contribution in [1.29, 1.82) is 0 Å². The lowest BCUT2D eigenvalue weighted by Gasteiger charge is -2.11. The van der Waals surface area contributed by atoms with Crippen molar-refractivity contribution in [2.24, 2.45) is 5.10 Å². The van der Waals surface area contributed by atoms with Crippen molar-refractivity contribution in [3.05, 3.63) is 113 Å². The molecule has 36 heavy (non-hydrogen) atoms. The molecule has 0 aliphatic carbocycles. The molecule has 0 radical (unpaired) electrons. The lowest BCUT2D eigenvalue weighted by Crippen LogP contribution is -2.24. The van der Waals surface area contributed by atoms with Gasteiger partial charge in [-0.25, -0.2) is 5.43 Å². The molecule has 0 bridgehead atoms. The Balaban J connectivity index is 1.25. The number of carbonyl (C=O) groups is 1. The molecule has 0 saturated heterocycles. The van der Waals surface area contributed by atoms with E-state index in [2.05, 4.69) is 10.5 Å². The summed E-state index contributed by atoms with van der Waals surface area (Å²) >= 11 is 5.92. The Morgan fingerprint density at radius 1 is 0.861 bits per heavy atom. The molecular formula is C29H25ClN2O4. The molecule has 182 valence electrons. The van der Waals surface area contributed by atoms with E-state index < -0.39 is 0 Å². The molecule has 1 N–H and O–H groups in total. The molecule has 0 aliphatic rings. The third-order valence-corrected chi connectivity index (χ3v) is 5.48. The van der Waals surface area contributed by atoms with E-state index in [1.54, 1.807) is 19.2 Å². The molecule has 4 aromatic carbocycles. The first-order chi connectivity index (χ1) is 17.6. The number of nitrogens with zero attached hydrogens (tertiary/aromatic N) is 1. The fourth-order valence-electron chi connectivity index (χ4n) is 3.36. The van der Waals surface area contributed by atoms with Crippen molar-refractivity contribution in [3.8, 4) is 28.4 Å². The Labute approximate surface area is 215 Å². The number of hydrogen-bond donors (Lipinski definition) is 1. The van der Waals surface area contributed by atoms with Crippen molar-refractivity contribution >= 4 is 23.7 Å². The monoisotopic (exact) mass is 500 g/mol. The van der Waals surface area contributed by atoms with Gasteiger partial charge in [-0.15, -0.1) is 0 Å². The molecule has 0 unspecified atom stereocenters. The highest BCUT2D eigenvalue weighted by atomic mass is 35.5. The molecule has 0 saturated carbocycles. The van der Waals surface area contributed by atoms with Gasteiger partial charge in [0.05, 0.1) is 13.3 Å². The number of benzene rings is 4. The van der Waals surface area contributed by atoms with Gasteiger partial charge in [-0.3, -0.25) is 4.79 Å². The Bertz CT molecular complexity index is 1310. The first-order valence-corrected chi connectivity index (χ1v) is 11.6. The van der Waals surface area contributed by atoms with E-state index in [1.165, 1.54) is 6.21 Å². The zero-order valence-electron chi connectivity index (χ0n) is 19.7. The number of ether oxygens (including phenoxy) is 3. The Morgan fingerprint density at radius 3 is 2.31 bits per heavy atom. The van der Waals surface area contributed by atoms with Gasteiger partial charge in [0.15, 0.2) is 18.1 Å². The van der Waals surface area contributed by atoms with Crippen LogP contribution in [0.1, 0.15) is 11.1 Å². The van der Waals surface area contributed by atoms with Crippen LogP contribution in [0.5, 0.6) is 17.2 Å². The molecule has 0 spiro atoms. The number of carbonyl (C=O) groups excluding carboxylic acids is 1. The minimum Gasteiger partial charge on any atom is -0.493 e. The number of methoxy groups -OCH3 is 1. The maximum atomic E-state index is 12.1. The van der Waals surface area contributed by atoms with Crippen LogP contribution in [0.2, 0.25) is 5.02 Å². The molecule has 0 aromatic heterocycles. The van der Waals surface area contributed by atoms with Crippen molar-refractivity contribution < 1.29 is 19.0 Å². The second kappa shape index (κ2) is 12.4. The van der Waals surface area contributed by atoms with Crippen LogP contribution >= 0.6 is 11.6 Å². The minimum absolute atomic E-state index is 0.150. The van der Waals surface area contributed by atoms with E-state index in [-0.39, 0.29) is 12.5 Å². The molecule has 6 nitrogen and oxygen atoms in total. The number of halogens is 1. The summed E-state index contributed by atoms with van der Waals surface area (Å²) in [5.74, 6) is 1.39. The summed E-state index contributed by atoms with van der Waals surface area (Å²) in [6, 6.07) is 30.5. The summed E-state index contributed by atoms with van der Waals surface area (Å²) < 4.78 is 16.8. The average Bonchev–Trinajstić information content (AvgIpc) is 2.92. The number of rotatable bonds is 10. The smallest absolute Gasteiger partial charge is 0.277 e. The van der Waals surface area contributed by atoms with E-state index >= 15 is 0 Å². The number of nitrogens with one attached hydrogen (secondary N) is 1. The molecular weight excluding hydrogens is 476 g/mol. The second-order valence-electron chi connectivity index (χ2n) is 7.80. The van der Waals surface area contributed by atoms with Gasteiger partial charge >= 0.3 is 0 Å². The van der Waals surface area contributed by atoms with Gasteiger partial charge in [0, 0.05) is 5.02 Å². The number of hydrogen-bond acceptors (Lipinski definition) is 5. The van der Waals surface area contributed by atoms with Crippen LogP contribution in [0.25, 0.3) is 11.1 Å². The summed E-state index contributed by atoms with van der Waals surface area (Å²) in [5.41, 5.74) is 6.39. The van der Waals surface area contributed by atoms with E-state index in [1.807, 2.05) is 84.9 Å². The molecule has 4 aromatic rings. The molecule has 0 aliphatic heterocycles. The van der Waals surface area contributed by atoms with E-state index in [0.29, 0.717) is 28.9 Å². The van der Waals surface area contributed by atoms with Gasteiger partial charge in [0.2, 0.25) is 0 Å². The standard InChI is InChI=1S/C29H25ClN2O4/c1-34-28-17-22(9-16-27(28)36-19-21-7-12-25(30)13-8-21)18-31-32-29(33)20-35-26-14-10-24(11-15-26)23-5-3-2-4-6-23/h2-18H,19-20H2,1H3,(H,32,33)/b31-18-. The average molecular weight is 501 g/mol. The molecule has 7 heteroatoms. The largest absolute Gasteiger partial charge is 0.493 e. The zero-order valence-corrected chi connectivity index (χ0v) is 20.4. The lowest BCUT2D eigenvalue weighted by atomic mass is 10.1. The topological polar surface area (TPSA) is 69.2 Å². The Hall–Kier alpha value is -4.29. The van der Waals surface area contributed by atoms with Gasteiger partial charge < -0.3 is 14.2 Å². The zero-order chi connectivity index (χ0) is 25.2. The van der Waals surface area contributed by atoms with Gasteiger partial charge in [-0.1, -0.05) is 66.2 Å². The molecule has 4 rings (SSSR count). The summed E-state index contributed by atoms with van der Waals surface area (Å²) in [7, 11) is 1.57. The van der Waals surface area contributed by atoms with Crippen molar-refractivity contribution in [1.82, 2.24) is 5.43 Å². The maximum Gasteiger partial charge on any atom is 0.277 e. The summed E-state index contributed by atoms with van der Waals surface area (Å²) in [6.07, 6.45) is 1.53. The first kappa shape index (κ1) is 24.8. The van der Waals surface area contributed by atoms with Crippen molar-refractivity contribution in [2.75, 3.05) is 13.7 Å². The maximum absolute atomic E-state index is 12.1. The third kappa shape index (κ3) is 7.10. The van der Waals surface area contributed by atoms with Crippen LogP contribution in [0.3, 0.4) is 0 Å². The molecule has 0 atom stereocenters. The highest BCUT2D eigenvalue weighted by Crippen LogP contribution is 2.28. The predicted octanol–water partition coefficient (Wildman–Crippen LogP) is 6.12. The third-order valence-electron chi connectivity index (χ3n) is 5.23. The fourth-order valence-corrected chi connectivity index (χ4v) is 3.49. The summed E-state index contributed by atoms with van der Waals surface area (Å²) in [4.78, 5) is 12.1. The van der Waals surface area contributed by atoms with Gasteiger partial charge in [-0.2, -0.15) is 5.10 Å². The fraction of sp³-hybridized carbons (Fsp3) is 0.103. The van der Waals surface area contributed by atoms with Crippen LogP contribution in [0.15, 0.2) is 102 Å².